The van der Waals surface area contributed by atoms with E-state index in [1.807, 2.05) is 0 Å². The fraction of sp³-hybridized carbons (Fsp3) is 0.750. The lowest BCUT2D eigenvalue weighted by Crippen LogP contribution is -2.64. The Morgan fingerprint density at radius 2 is 1.95 bits per heavy atom. The van der Waals surface area contributed by atoms with Crippen molar-refractivity contribution in [3.8, 4) is 0 Å². The van der Waals surface area contributed by atoms with Gasteiger partial charge in [-0.2, -0.15) is 5.06 Å². The second-order valence-corrected chi connectivity index (χ2v) is 4.84. The van der Waals surface area contributed by atoms with Crippen LogP contribution in [0.25, 0.3) is 0 Å². The van der Waals surface area contributed by atoms with Crippen molar-refractivity contribution in [3.05, 3.63) is 0 Å². The van der Waals surface area contributed by atoms with Gasteiger partial charge >= 0.3 is 12.1 Å². The predicted molar refractivity (Wildman–Crippen MR) is 63.8 cm³/mol. The zero-order valence-electron chi connectivity index (χ0n) is 10.9. The number of β-lactam (4-membered cyclic amide) rings is 1. The molecule has 1 aliphatic carbocycles. The molecule has 106 valence electrons. The fourth-order valence-electron chi connectivity index (χ4n) is 2.25. The Hall–Kier alpha value is -1.79. The molecule has 1 atom stereocenters. The summed E-state index contributed by atoms with van der Waals surface area (Å²) in [5, 5.41) is 3.40. The summed E-state index contributed by atoms with van der Waals surface area (Å²) in [7, 11) is 0. The van der Waals surface area contributed by atoms with Gasteiger partial charge in [0.25, 0.3) is 5.91 Å². The molecular weight excluding hydrogens is 252 g/mol. The summed E-state index contributed by atoms with van der Waals surface area (Å²) in [6.45, 7) is 1.38. The highest BCUT2D eigenvalue weighted by molar-refractivity contribution is 5.91. The van der Waals surface area contributed by atoms with Crippen molar-refractivity contribution in [2.45, 2.75) is 51.2 Å². The number of amides is 2. The van der Waals surface area contributed by atoms with Gasteiger partial charge in [-0.15, -0.1) is 0 Å². The van der Waals surface area contributed by atoms with Gasteiger partial charge in [0, 0.05) is 6.92 Å². The van der Waals surface area contributed by atoms with Gasteiger partial charge in [-0.25, -0.2) is 4.79 Å². The molecule has 2 rings (SSSR count). The maximum absolute atomic E-state index is 11.6. The molecule has 2 amide bonds. The number of hydrogen-bond donors (Lipinski definition) is 1. The van der Waals surface area contributed by atoms with E-state index in [-0.39, 0.29) is 12.6 Å². The smallest absolute Gasteiger partial charge is 0.408 e. The average Bonchev–Trinajstić information content (AvgIpc) is 2.38. The zero-order valence-corrected chi connectivity index (χ0v) is 10.9. The van der Waals surface area contributed by atoms with Crippen LogP contribution in [0.5, 0.6) is 0 Å². The van der Waals surface area contributed by atoms with Crippen molar-refractivity contribution in [3.63, 3.8) is 0 Å². The Balaban J connectivity index is 1.69. The van der Waals surface area contributed by atoms with Crippen molar-refractivity contribution in [1.82, 2.24) is 10.4 Å². The average molecular weight is 270 g/mol. The number of alkyl carbamates (subject to hydrolysis) is 1. The molecule has 0 aromatic carbocycles. The molecular formula is C12H18N2O5. The molecule has 1 N–H and O–H groups in total. The predicted octanol–water partition coefficient (Wildman–Crippen LogP) is 0.734. The van der Waals surface area contributed by atoms with Crippen LogP contribution in [0, 0.1) is 0 Å². The Bertz CT molecular complexity index is 378. The Morgan fingerprint density at radius 3 is 2.53 bits per heavy atom. The van der Waals surface area contributed by atoms with Gasteiger partial charge in [0.05, 0.1) is 6.54 Å². The number of hydrogen-bond acceptors (Lipinski definition) is 5. The van der Waals surface area contributed by atoms with E-state index in [9.17, 15) is 14.4 Å². The standard InChI is InChI=1S/C12H18N2O5/c1-8(15)19-14-7-10(11(14)16)13-12(17)18-9-5-3-2-4-6-9/h9-10H,2-7H2,1H3,(H,13,17). The summed E-state index contributed by atoms with van der Waals surface area (Å²) in [5.74, 6) is -0.993. The summed E-state index contributed by atoms with van der Waals surface area (Å²) >= 11 is 0. The quantitative estimate of drug-likeness (QED) is 0.764. The van der Waals surface area contributed by atoms with Crippen LogP contribution in [0.2, 0.25) is 0 Å². The van der Waals surface area contributed by atoms with Crippen molar-refractivity contribution in [2.75, 3.05) is 6.54 Å². The molecule has 0 bridgehead atoms. The molecule has 19 heavy (non-hydrogen) atoms. The summed E-state index contributed by atoms with van der Waals surface area (Å²) in [6, 6.07) is -0.657. The number of carbonyl (C=O) groups is 3. The van der Waals surface area contributed by atoms with Crippen LogP contribution in [-0.4, -0.2) is 41.7 Å². The van der Waals surface area contributed by atoms with E-state index in [2.05, 4.69) is 10.2 Å². The molecule has 0 radical (unpaired) electrons. The third kappa shape index (κ3) is 3.59. The molecule has 7 nitrogen and oxygen atoms in total. The van der Waals surface area contributed by atoms with E-state index in [4.69, 9.17) is 4.74 Å². The molecule has 1 saturated carbocycles. The Kier molecular flexibility index (Phi) is 4.24. The van der Waals surface area contributed by atoms with Crippen molar-refractivity contribution in [2.24, 2.45) is 0 Å². The minimum Gasteiger partial charge on any atom is -0.446 e. The topological polar surface area (TPSA) is 84.9 Å². The number of rotatable bonds is 3. The summed E-state index contributed by atoms with van der Waals surface area (Å²) in [4.78, 5) is 38.3. The Labute approximate surface area is 111 Å². The third-order valence-electron chi connectivity index (χ3n) is 3.25. The van der Waals surface area contributed by atoms with Crippen molar-refractivity contribution < 1.29 is 24.0 Å². The molecule has 1 heterocycles. The normalized spacial score (nSPS) is 23.5. The summed E-state index contributed by atoms with van der Waals surface area (Å²) < 4.78 is 5.23. The second-order valence-electron chi connectivity index (χ2n) is 4.84. The van der Waals surface area contributed by atoms with Gasteiger partial charge in [-0.3, -0.25) is 9.59 Å². The third-order valence-corrected chi connectivity index (χ3v) is 3.25. The highest BCUT2D eigenvalue weighted by Gasteiger charge is 2.41. The maximum Gasteiger partial charge on any atom is 0.408 e. The molecule has 1 unspecified atom stereocenters. The van der Waals surface area contributed by atoms with Crippen LogP contribution in [-0.2, 0) is 19.2 Å². The van der Waals surface area contributed by atoms with Crippen LogP contribution in [0.4, 0.5) is 4.79 Å². The van der Waals surface area contributed by atoms with Gasteiger partial charge in [0.1, 0.15) is 12.1 Å². The highest BCUT2D eigenvalue weighted by atomic mass is 16.7. The SMILES string of the molecule is CC(=O)ON1CC(NC(=O)OC2CCCCC2)C1=O. The lowest BCUT2D eigenvalue weighted by Gasteiger charge is -2.35. The van der Waals surface area contributed by atoms with Gasteiger partial charge < -0.3 is 14.9 Å². The van der Waals surface area contributed by atoms with Gasteiger partial charge in [-0.05, 0) is 25.7 Å². The molecule has 1 aliphatic heterocycles. The molecule has 1 saturated heterocycles. The van der Waals surface area contributed by atoms with E-state index in [0.717, 1.165) is 30.7 Å². The highest BCUT2D eigenvalue weighted by Crippen LogP contribution is 2.20. The molecule has 2 aliphatic rings. The van der Waals surface area contributed by atoms with Crippen LogP contribution in [0.1, 0.15) is 39.0 Å². The minimum atomic E-state index is -0.657. The molecule has 2 fully saturated rings. The van der Waals surface area contributed by atoms with Crippen LogP contribution in [0.15, 0.2) is 0 Å². The fourth-order valence-corrected chi connectivity index (χ4v) is 2.25. The second kappa shape index (κ2) is 5.90. The van der Waals surface area contributed by atoms with E-state index >= 15 is 0 Å². The molecule has 0 aromatic rings. The van der Waals surface area contributed by atoms with Gasteiger partial charge in [-0.1, -0.05) is 6.42 Å². The number of hydroxylamine groups is 2. The van der Waals surface area contributed by atoms with Gasteiger partial charge in [0.15, 0.2) is 0 Å². The molecule has 7 heteroatoms. The first-order valence-electron chi connectivity index (χ1n) is 6.53. The van der Waals surface area contributed by atoms with E-state index in [1.54, 1.807) is 0 Å². The number of ether oxygens (including phenoxy) is 1. The van der Waals surface area contributed by atoms with Crippen molar-refractivity contribution >= 4 is 18.0 Å². The van der Waals surface area contributed by atoms with E-state index in [0.29, 0.717) is 0 Å². The van der Waals surface area contributed by atoms with E-state index in [1.165, 1.54) is 13.3 Å². The monoisotopic (exact) mass is 270 g/mol. The van der Waals surface area contributed by atoms with Crippen molar-refractivity contribution in [1.29, 1.82) is 0 Å². The molecule has 0 spiro atoms. The Morgan fingerprint density at radius 1 is 1.26 bits per heavy atom. The number of nitrogens with zero attached hydrogens (tertiary/aromatic N) is 1. The first-order chi connectivity index (χ1) is 9.06. The van der Waals surface area contributed by atoms with Crippen LogP contribution in [0.3, 0.4) is 0 Å². The number of carbonyl (C=O) groups excluding carboxylic acids is 3. The van der Waals surface area contributed by atoms with E-state index < -0.39 is 24.0 Å². The summed E-state index contributed by atoms with van der Waals surface area (Å²) in [6.07, 6.45) is 4.46. The lowest BCUT2D eigenvalue weighted by molar-refractivity contribution is -0.214. The van der Waals surface area contributed by atoms with Crippen LogP contribution < -0.4 is 5.32 Å². The zero-order chi connectivity index (χ0) is 13.8. The summed E-state index contributed by atoms with van der Waals surface area (Å²) in [5.41, 5.74) is 0. The minimum absolute atomic E-state index is 0.0477. The maximum atomic E-state index is 11.6. The lowest BCUT2D eigenvalue weighted by atomic mass is 9.98. The number of nitrogens with one attached hydrogen (secondary N) is 1. The van der Waals surface area contributed by atoms with Gasteiger partial charge in [0.2, 0.25) is 0 Å². The molecule has 0 aromatic heterocycles. The van der Waals surface area contributed by atoms with Crippen LogP contribution >= 0.6 is 0 Å². The largest absolute Gasteiger partial charge is 0.446 e. The first kappa shape index (κ1) is 13.6. The first-order valence-corrected chi connectivity index (χ1v) is 6.53.